The van der Waals surface area contributed by atoms with Crippen molar-refractivity contribution in [3.63, 3.8) is 0 Å². The Hall–Kier alpha value is -6.81. The Morgan fingerprint density at radius 1 is 0.900 bits per heavy atom. The Morgan fingerprint density at radius 2 is 1.74 bits per heavy atom. The minimum atomic E-state index is -0.549. The number of aromatic nitrogens is 9. The van der Waals surface area contributed by atoms with Crippen molar-refractivity contribution in [3.05, 3.63) is 101 Å². The van der Waals surface area contributed by atoms with Crippen molar-refractivity contribution in [2.75, 3.05) is 67.1 Å². The summed E-state index contributed by atoms with van der Waals surface area (Å²) in [4.78, 5) is 59.7. The zero-order valence-electron chi connectivity index (χ0n) is 38.3. The number of piperazine rings is 2. The number of alkyl halides is 1. The third-order valence-electron chi connectivity index (χ3n) is 14.5. The smallest absolute Gasteiger partial charge is 0.181 e. The molecule has 12 rings (SSSR count). The van der Waals surface area contributed by atoms with E-state index in [2.05, 4.69) is 57.0 Å². The van der Waals surface area contributed by atoms with Crippen LogP contribution in [0.2, 0.25) is 0 Å². The molecule has 1 aliphatic carbocycles. The summed E-state index contributed by atoms with van der Waals surface area (Å²) < 4.78 is 27.6. The maximum atomic E-state index is 15.8. The van der Waals surface area contributed by atoms with Crippen LogP contribution in [0.1, 0.15) is 49.3 Å². The summed E-state index contributed by atoms with van der Waals surface area (Å²) in [5.41, 5.74) is 6.23. The number of carbonyl (C=O) groups is 2. The number of rotatable bonds is 9. The van der Waals surface area contributed by atoms with Gasteiger partial charge in [0, 0.05) is 57.6 Å². The molecule has 0 unspecified atom stereocenters. The fourth-order valence-corrected chi connectivity index (χ4v) is 13.4. The van der Waals surface area contributed by atoms with Crippen LogP contribution in [0.25, 0.3) is 38.9 Å². The van der Waals surface area contributed by atoms with Crippen LogP contribution in [-0.2, 0) is 21.5 Å². The third-order valence-corrected chi connectivity index (χ3v) is 17.0. The molecule has 4 saturated heterocycles. The number of halogens is 2. The van der Waals surface area contributed by atoms with Gasteiger partial charge in [-0.2, -0.15) is 10.2 Å². The number of urea groups is 1. The maximum absolute atomic E-state index is 15.8. The van der Waals surface area contributed by atoms with Gasteiger partial charge in [0.05, 0.1) is 17.2 Å². The number of nitrogens with one attached hydrogen (secondary N) is 2. The molecule has 5 fully saturated rings. The number of carbonyl (C=O) groups excluding carboxylic acids is 2. The number of pyridine rings is 2. The summed E-state index contributed by atoms with van der Waals surface area (Å²) in [6.45, 7) is 6.21. The van der Waals surface area contributed by atoms with E-state index in [1.165, 1.54) is 11.0 Å². The molecule has 2 N–H and O–H groups in total. The number of hydrogen-bond acceptors (Lipinski definition) is 14. The van der Waals surface area contributed by atoms with Crippen LogP contribution in [0.3, 0.4) is 0 Å². The molecule has 1 saturated carbocycles. The van der Waals surface area contributed by atoms with Gasteiger partial charge in [0.1, 0.15) is 5.82 Å². The van der Waals surface area contributed by atoms with E-state index in [0.717, 1.165) is 86.4 Å². The van der Waals surface area contributed by atoms with Crippen LogP contribution in [0.15, 0.2) is 78.4 Å². The quantitative estimate of drug-likeness (QED) is 0.118. The van der Waals surface area contributed by atoms with Gasteiger partial charge in [0.15, 0.2) is 5.82 Å². The van der Waals surface area contributed by atoms with E-state index in [0.29, 0.717) is 65.1 Å². The second-order valence-corrected chi connectivity index (χ2v) is 21.2. The second-order valence-electron chi connectivity index (χ2n) is 18.7. The summed E-state index contributed by atoms with van der Waals surface area (Å²) in [5.74, 6) is 0.528. The van der Waals surface area contributed by atoms with Crippen LogP contribution in [0.5, 0.6) is 0 Å². The van der Waals surface area contributed by atoms with Gasteiger partial charge in [-0.15, -0.1) is 0 Å². The molecule has 360 valence electrons. The minimum Gasteiger partial charge on any atom is -0.181 e. The Bertz CT molecular complexity index is 3220. The van der Waals surface area contributed by atoms with Crippen molar-refractivity contribution < 1.29 is 38.7 Å². The first-order valence-electron chi connectivity index (χ1n) is 23.6. The molecule has 3 amide bonds. The SMILES string of the molecule is Cn1nc(N2CCC(=O)NC2=O)c2cc(F)c(N3CCN(C4CCC(n5cc(-c6cn7ncc(C#N)c7c(-c7ccc(N8C[C@@H]9CO[I-][C@H](C8)N9Cc8ccc(=O)[nH]c8)nc7)n6)cn5)CC4)CC3)cc21. The molecule has 2 atom stereocenters. The Kier molecular flexibility index (Phi) is 11.5. The molecule has 4 aliphatic heterocycles. The van der Waals surface area contributed by atoms with E-state index in [1.807, 2.05) is 42.9 Å². The molecule has 7 aromatic rings. The third kappa shape index (κ3) is 8.22. The van der Waals surface area contributed by atoms with Gasteiger partial charge in [-0.1, -0.05) is 0 Å². The standard InChI is InChI=1S/C48H49FIN16O4/c1-59-39-17-40(37(49)16-36(39)47(58-59)63-11-10-44(68)57-48(63)69)61-14-12-60(13-15-61)33-4-6-34(7-5-33)65-24-32(22-54-65)38-26-66-46(31(18-51)21-55-66)45(56-38)30-3-8-42(52-20-30)62-25-35-28-70-50-41(27-62)64(35)23-29-2-9-43(67)53-19-29/h2-3,8-9,16-17,19-22,24,26,33-35,41H,4-7,10-15,23,25,27-28H2,1H3,(H,53,67)(H,57,68,69)/q-1/t33?,34?,35-,41+/m1/s1. The number of amides is 3. The summed E-state index contributed by atoms with van der Waals surface area (Å²) in [6, 6.07) is 13.4. The summed E-state index contributed by atoms with van der Waals surface area (Å²) in [5, 5.41) is 26.9. The summed E-state index contributed by atoms with van der Waals surface area (Å²) in [7, 11) is 1.78. The number of nitriles is 1. The zero-order valence-corrected chi connectivity index (χ0v) is 40.4. The minimum absolute atomic E-state index is 0.102. The van der Waals surface area contributed by atoms with Crippen LogP contribution in [-0.4, -0.2) is 134 Å². The average Bonchev–Trinajstić information content (AvgIpc) is 4.12. The molecule has 0 radical (unpaired) electrons. The molecule has 22 heteroatoms. The summed E-state index contributed by atoms with van der Waals surface area (Å²) in [6.07, 6.45) is 15.2. The fourth-order valence-electron chi connectivity index (χ4n) is 10.8. The fraction of sp³-hybridized carbons (Fsp3) is 0.396. The van der Waals surface area contributed by atoms with E-state index >= 15 is 4.39 Å². The molecule has 1 aromatic carbocycles. The van der Waals surface area contributed by atoms with Gasteiger partial charge in [-0.25, -0.2) is 9.18 Å². The topological polar surface area (TPSA) is 207 Å². The van der Waals surface area contributed by atoms with Crippen molar-refractivity contribution >= 4 is 45.7 Å². The Labute approximate surface area is 411 Å². The number of aryl methyl sites for hydroxylation is 1. The first-order chi connectivity index (χ1) is 34.1. The van der Waals surface area contributed by atoms with Crippen LogP contribution in [0, 0.1) is 17.1 Å². The van der Waals surface area contributed by atoms with Gasteiger partial charge in [-0.3, -0.25) is 29.3 Å². The van der Waals surface area contributed by atoms with Crippen molar-refractivity contribution in [1.29, 1.82) is 5.26 Å². The number of benzene rings is 1. The van der Waals surface area contributed by atoms with Gasteiger partial charge in [0.25, 0.3) is 0 Å². The number of imide groups is 1. The van der Waals surface area contributed by atoms with E-state index in [4.69, 9.17) is 18.1 Å². The molecule has 2 bridgehead atoms. The Balaban J connectivity index is 0.695. The number of fused-ring (bicyclic) bond motifs is 4. The first kappa shape index (κ1) is 44.4. The predicted molar refractivity (Wildman–Crippen MR) is 252 cm³/mol. The van der Waals surface area contributed by atoms with Crippen LogP contribution < -0.4 is 47.2 Å². The molecular weight excluding hydrogens is 1010 g/mol. The molecule has 10 heterocycles. The molecular formula is C48H49FIN16O4-. The van der Waals surface area contributed by atoms with Crippen LogP contribution in [0.4, 0.5) is 26.5 Å². The van der Waals surface area contributed by atoms with Crippen molar-refractivity contribution in [2.24, 2.45) is 7.05 Å². The Morgan fingerprint density at radius 3 is 2.50 bits per heavy atom. The van der Waals surface area contributed by atoms with E-state index in [9.17, 15) is 19.6 Å². The van der Waals surface area contributed by atoms with Crippen molar-refractivity contribution in [3.8, 4) is 28.6 Å². The van der Waals surface area contributed by atoms with E-state index < -0.39 is 27.7 Å². The summed E-state index contributed by atoms with van der Waals surface area (Å²) >= 11 is -0.507. The van der Waals surface area contributed by atoms with Gasteiger partial charge < -0.3 is 4.90 Å². The molecule has 70 heavy (non-hydrogen) atoms. The molecule has 0 spiro atoms. The second kappa shape index (κ2) is 18.2. The molecule has 5 aliphatic rings. The number of aromatic amines is 1. The van der Waals surface area contributed by atoms with E-state index in [1.54, 1.807) is 34.7 Å². The average molecular weight is 1060 g/mol. The van der Waals surface area contributed by atoms with Gasteiger partial charge in [0.2, 0.25) is 5.91 Å². The van der Waals surface area contributed by atoms with Crippen molar-refractivity contribution in [1.82, 2.24) is 59.2 Å². The predicted octanol–water partition coefficient (Wildman–Crippen LogP) is 1.04. The van der Waals surface area contributed by atoms with Crippen LogP contribution >= 0.6 is 0 Å². The number of nitrogens with zero attached hydrogens (tertiary/aromatic N) is 14. The number of hydrogen-bond donors (Lipinski definition) is 2. The van der Waals surface area contributed by atoms with E-state index in [-0.39, 0.29) is 46.4 Å². The zero-order chi connectivity index (χ0) is 47.6. The molecule has 6 aromatic heterocycles. The van der Waals surface area contributed by atoms with Gasteiger partial charge >= 0.3 is 230 Å². The number of H-pyrrole nitrogens is 1. The van der Waals surface area contributed by atoms with Crippen molar-refractivity contribution in [2.45, 2.75) is 60.8 Å². The monoisotopic (exact) mass is 1060 g/mol. The normalized spacial score (nSPS) is 22.6. The first-order valence-corrected chi connectivity index (χ1v) is 25.8. The molecule has 20 nitrogen and oxygen atoms in total. The van der Waals surface area contributed by atoms with Gasteiger partial charge in [-0.05, 0) is 37.8 Å². The number of anilines is 3.